The molecule has 1 heterocycles. The van der Waals surface area contributed by atoms with Crippen molar-refractivity contribution in [3.8, 4) is 0 Å². The standard InChI is InChI=1S/C14H14ClN3O3/c1-8-12(15)7-18(17-8)9(2)13(19)16-11-5-3-10(4-6-11)14(20)21/h3-7,9H,1-2H3,(H,16,19)(H,20,21)/t9-/m0/s1. The first-order valence-corrected chi connectivity index (χ1v) is 6.61. The van der Waals surface area contributed by atoms with E-state index in [1.165, 1.54) is 28.9 Å². The predicted octanol–water partition coefficient (Wildman–Crippen LogP) is 2.74. The summed E-state index contributed by atoms with van der Waals surface area (Å²) in [4.78, 5) is 22.9. The average molecular weight is 308 g/mol. The van der Waals surface area contributed by atoms with Gasteiger partial charge in [0.05, 0.1) is 16.3 Å². The van der Waals surface area contributed by atoms with Gasteiger partial charge in [0.2, 0.25) is 5.91 Å². The normalized spacial score (nSPS) is 12.0. The quantitative estimate of drug-likeness (QED) is 0.909. The molecule has 1 amide bonds. The van der Waals surface area contributed by atoms with Gasteiger partial charge in [-0.15, -0.1) is 0 Å². The van der Waals surface area contributed by atoms with E-state index < -0.39 is 12.0 Å². The minimum absolute atomic E-state index is 0.163. The number of aromatic nitrogens is 2. The van der Waals surface area contributed by atoms with E-state index in [2.05, 4.69) is 10.4 Å². The second-order valence-corrected chi connectivity index (χ2v) is 5.00. The van der Waals surface area contributed by atoms with Gasteiger partial charge < -0.3 is 10.4 Å². The topological polar surface area (TPSA) is 84.2 Å². The third kappa shape index (κ3) is 3.41. The minimum atomic E-state index is -1.01. The lowest BCUT2D eigenvalue weighted by atomic mass is 10.2. The third-order valence-corrected chi connectivity index (χ3v) is 3.40. The van der Waals surface area contributed by atoms with Gasteiger partial charge in [-0.1, -0.05) is 11.6 Å². The second kappa shape index (κ2) is 5.97. The number of aryl methyl sites for hydroxylation is 1. The Kier molecular flexibility index (Phi) is 4.28. The van der Waals surface area contributed by atoms with E-state index in [0.29, 0.717) is 16.4 Å². The highest BCUT2D eigenvalue weighted by Gasteiger charge is 2.17. The molecule has 0 unspecified atom stereocenters. The fraction of sp³-hybridized carbons (Fsp3) is 0.214. The summed E-state index contributed by atoms with van der Waals surface area (Å²) < 4.78 is 1.48. The van der Waals surface area contributed by atoms with Crippen LogP contribution in [0.4, 0.5) is 5.69 Å². The number of benzene rings is 1. The number of nitrogens with one attached hydrogen (secondary N) is 1. The van der Waals surface area contributed by atoms with Crippen LogP contribution in [0.5, 0.6) is 0 Å². The number of amides is 1. The number of carboxylic acids is 1. The molecule has 0 aliphatic heterocycles. The van der Waals surface area contributed by atoms with Gasteiger partial charge in [0.25, 0.3) is 0 Å². The molecule has 0 saturated heterocycles. The maximum atomic E-state index is 12.1. The van der Waals surface area contributed by atoms with Crippen molar-refractivity contribution in [1.82, 2.24) is 9.78 Å². The molecule has 7 heteroatoms. The van der Waals surface area contributed by atoms with Gasteiger partial charge in [-0.25, -0.2) is 4.79 Å². The summed E-state index contributed by atoms with van der Waals surface area (Å²) in [7, 11) is 0. The maximum Gasteiger partial charge on any atom is 0.335 e. The lowest BCUT2D eigenvalue weighted by molar-refractivity contribution is -0.119. The molecule has 0 radical (unpaired) electrons. The molecule has 21 heavy (non-hydrogen) atoms. The van der Waals surface area contributed by atoms with Gasteiger partial charge in [0, 0.05) is 11.9 Å². The first kappa shape index (κ1) is 15.1. The van der Waals surface area contributed by atoms with Crippen LogP contribution in [0.3, 0.4) is 0 Å². The molecule has 0 bridgehead atoms. The Morgan fingerprint density at radius 3 is 2.43 bits per heavy atom. The molecule has 2 aromatic rings. The Morgan fingerprint density at radius 1 is 1.33 bits per heavy atom. The molecule has 0 aliphatic rings. The summed E-state index contributed by atoms with van der Waals surface area (Å²) in [5.74, 6) is -1.28. The Balaban J connectivity index is 2.08. The Morgan fingerprint density at radius 2 is 1.95 bits per heavy atom. The van der Waals surface area contributed by atoms with Crippen molar-refractivity contribution < 1.29 is 14.7 Å². The molecule has 0 saturated carbocycles. The molecular weight excluding hydrogens is 294 g/mol. The van der Waals surface area contributed by atoms with Crippen LogP contribution < -0.4 is 5.32 Å². The van der Waals surface area contributed by atoms with Crippen molar-refractivity contribution in [1.29, 1.82) is 0 Å². The average Bonchev–Trinajstić information content (AvgIpc) is 2.78. The van der Waals surface area contributed by atoms with Crippen molar-refractivity contribution in [2.75, 3.05) is 5.32 Å². The first-order chi connectivity index (χ1) is 9.88. The number of hydrogen-bond donors (Lipinski definition) is 2. The number of hydrogen-bond acceptors (Lipinski definition) is 3. The highest BCUT2D eigenvalue weighted by Crippen LogP contribution is 2.17. The monoisotopic (exact) mass is 307 g/mol. The lowest BCUT2D eigenvalue weighted by Crippen LogP contribution is -2.24. The second-order valence-electron chi connectivity index (χ2n) is 4.59. The first-order valence-electron chi connectivity index (χ1n) is 6.24. The minimum Gasteiger partial charge on any atom is -0.478 e. The van der Waals surface area contributed by atoms with Crippen LogP contribution in [0, 0.1) is 6.92 Å². The van der Waals surface area contributed by atoms with Gasteiger partial charge in [-0.05, 0) is 38.1 Å². The molecule has 0 aliphatic carbocycles. The summed E-state index contributed by atoms with van der Waals surface area (Å²) in [6.07, 6.45) is 1.59. The third-order valence-electron chi connectivity index (χ3n) is 3.03. The van der Waals surface area contributed by atoms with E-state index in [0.717, 1.165) is 0 Å². The van der Waals surface area contributed by atoms with Crippen LogP contribution in [0.15, 0.2) is 30.5 Å². The van der Waals surface area contributed by atoms with E-state index in [1.54, 1.807) is 20.0 Å². The molecule has 0 spiro atoms. The van der Waals surface area contributed by atoms with Crippen molar-refractivity contribution in [3.05, 3.63) is 46.7 Å². The van der Waals surface area contributed by atoms with Crippen LogP contribution in [0.1, 0.15) is 29.0 Å². The summed E-state index contributed by atoms with van der Waals surface area (Å²) in [6, 6.07) is 5.40. The highest BCUT2D eigenvalue weighted by atomic mass is 35.5. The van der Waals surface area contributed by atoms with E-state index in [-0.39, 0.29) is 11.5 Å². The number of anilines is 1. The number of nitrogens with zero attached hydrogens (tertiary/aromatic N) is 2. The number of aromatic carboxylic acids is 1. The Bertz CT molecular complexity index is 660. The number of carbonyl (C=O) groups excluding carboxylic acids is 1. The Labute approximate surface area is 126 Å². The molecule has 6 nitrogen and oxygen atoms in total. The number of halogens is 1. The van der Waals surface area contributed by atoms with E-state index in [9.17, 15) is 9.59 Å². The molecule has 2 rings (SSSR count). The van der Waals surface area contributed by atoms with Crippen LogP contribution in [-0.4, -0.2) is 26.8 Å². The summed E-state index contributed by atoms with van der Waals surface area (Å²) in [6.45, 7) is 3.46. The molecule has 1 aromatic carbocycles. The summed E-state index contributed by atoms with van der Waals surface area (Å²) >= 11 is 5.91. The zero-order valence-electron chi connectivity index (χ0n) is 11.5. The van der Waals surface area contributed by atoms with Crippen molar-refractivity contribution in [2.24, 2.45) is 0 Å². The lowest BCUT2D eigenvalue weighted by Gasteiger charge is -2.12. The van der Waals surface area contributed by atoms with E-state index in [1.807, 2.05) is 0 Å². The van der Waals surface area contributed by atoms with Gasteiger partial charge >= 0.3 is 5.97 Å². The maximum absolute atomic E-state index is 12.1. The van der Waals surface area contributed by atoms with E-state index in [4.69, 9.17) is 16.7 Å². The van der Waals surface area contributed by atoms with Crippen molar-refractivity contribution >= 4 is 29.2 Å². The SMILES string of the molecule is Cc1nn([C@@H](C)C(=O)Nc2ccc(C(=O)O)cc2)cc1Cl. The Hall–Kier alpha value is -2.34. The molecule has 0 fully saturated rings. The largest absolute Gasteiger partial charge is 0.478 e. The number of carbonyl (C=O) groups is 2. The van der Waals surface area contributed by atoms with Gasteiger partial charge in [-0.3, -0.25) is 9.48 Å². The number of carboxylic acid groups (broad SMARTS) is 1. The summed E-state index contributed by atoms with van der Waals surface area (Å²) in [5.41, 5.74) is 1.34. The van der Waals surface area contributed by atoms with Crippen LogP contribution in [0.25, 0.3) is 0 Å². The predicted molar refractivity (Wildman–Crippen MR) is 78.7 cm³/mol. The highest BCUT2D eigenvalue weighted by molar-refractivity contribution is 6.31. The van der Waals surface area contributed by atoms with Crippen molar-refractivity contribution in [2.45, 2.75) is 19.9 Å². The van der Waals surface area contributed by atoms with Crippen LogP contribution >= 0.6 is 11.6 Å². The fourth-order valence-corrected chi connectivity index (χ4v) is 1.86. The molecule has 1 aromatic heterocycles. The molecule has 1 atom stereocenters. The molecular formula is C14H14ClN3O3. The van der Waals surface area contributed by atoms with Gasteiger partial charge in [0.15, 0.2) is 0 Å². The molecule has 110 valence electrons. The van der Waals surface area contributed by atoms with Crippen molar-refractivity contribution in [3.63, 3.8) is 0 Å². The zero-order valence-corrected chi connectivity index (χ0v) is 12.3. The fourth-order valence-electron chi connectivity index (χ4n) is 1.72. The smallest absolute Gasteiger partial charge is 0.335 e. The van der Waals surface area contributed by atoms with E-state index >= 15 is 0 Å². The summed E-state index contributed by atoms with van der Waals surface area (Å²) in [5, 5.41) is 16.2. The van der Waals surface area contributed by atoms with Crippen LogP contribution in [0.2, 0.25) is 5.02 Å². The van der Waals surface area contributed by atoms with Gasteiger partial charge in [-0.2, -0.15) is 5.10 Å². The zero-order chi connectivity index (χ0) is 15.6. The molecule has 2 N–H and O–H groups in total. The van der Waals surface area contributed by atoms with Crippen LogP contribution in [-0.2, 0) is 4.79 Å². The number of rotatable bonds is 4. The van der Waals surface area contributed by atoms with Gasteiger partial charge in [0.1, 0.15) is 6.04 Å².